The van der Waals surface area contributed by atoms with Crippen LogP contribution >= 0.6 is 15.9 Å². The number of benzene rings is 2. The molecule has 2 rings (SSSR count). The molecule has 0 spiro atoms. The average molecular weight is 303 g/mol. The maximum absolute atomic E-state index is 3.84. The predicted molar refractivity (Wildman–Crippen MR) is 82.6 cm³/mol. The lowest BCUT2D eigenvalue weighted by Crippen LogP contribution is -2.00. The molecule has 0 fully saturated rings. The minimum Gasteiger partial charge on any atom is -0.0786 e. The van der Waals surface area contributed by atoms with E-state index in [0.717, 1.165) is 0 Å². The Kier molecular flexibility index (Phi) is 3.91. The van der Waals surface area contributed by atoms with Crippen LogP contribution in [-0.2, 0) is 0 Å². The van der Waals surface area contributed by atoms with Crippen molar-refractivity contribution in [3.8, 4) is 0 Å². The first-order valence-corrected chi connectivity index (χ1v) is 7.19. The fourth-order valence-corrected chi connectivity index (χ4v) is 3.52. The van der Waals surface area contributed by atoms with Crippen molar-refractivity contribution in [2.45, 2.75) is 32.5 Å². The third kappa shape index (κ3) is 2.67. The molecule has 2 aromatic carbocycles. The Balaban J connectivity index is 2.46. The molecule has 1 unspecified atom stereocenters. The van der Waals surface area contributed by atoms with Gasteiger partial charge in [0, 0.05) is 0 Å². The van der Waals surface area contributed by atoms with Gasteiger partial charge < -0.3 is 0 Å². The lowest BCUT2D eigenvalue weighted by atomic mass is 9.94. The first-order chi connectivity index (χ1) is 8.49. The van der Waals surface area contributed by atoms with E-state index in [-0.39, 0.29) is 4.83 Å². The van der Waals surface area contributed by atoms with Gasteiger partial charge in [-0.1, -0.05) is 63.5 Å². The van der Waals surface area contributed by atoms with Crippen LogP contribution < -0.4 is 0 Å². The van der Waals surface area contributed by atoms with E-state index in [1.807, 2.05) is 0 Å². The Bertz CT molecular complexity index is 529. The molecule has 18 heavy (non-hydrogen) atoms. The first-order valence-electron chi connectivity index (χ1n) is 6.27. The number of hydrogen-bond donors (Lipinski definition) is 0. The van der Waals surface area contributed by atoms with Crippen LogP contribution in [0.15, 0.2) is 36.4 Å². The van der Waals surface area contributed by atoms with Gasteiger partial charge in [-0.3, -0.25) is 0 Å². The summed E-state index contributed by atoms with van der Waals surface area (Å²) >= 11 is 3.84. The minimum atomic E-state index is 0.277. The molecule has 0 aromatic heterocycles. The summed E-state index contributed by atoms with van der Waals surface area (Å²) in [6.45, 7) is 8.66. The third-order valence-corrected chi connectivity index (χ3v) is 4.35. The van der Waals surface area contributed by atoms with Crippen molar-refractivity contribution in [1.82, 2.24) is 0 Å². The predicted octanol–water partition coefficient (Wildman–Crippen LogP) is 5.40. The van der Waals surface area contributed by atoms with E-state index in [0.29, 0.717) is 0 Å². The standard InChI is InChI=1S/C17H19Br/c1-11-5-7-15(8-6-11)17(18)16-13(3)9-12(2)10-14(16)4/h5-10,17H,1-4H3. The Morgan fingerprint density at radius 2 is 1.28 bits per heavy atom. The lowest BCUT2D eigenvalue weighted by molar-refractivity contribution is 1.10. The zero-order chi connectivity index (χ0) is 13.3. The molecule has 1 heteroatoms. The smallest absolute Gasteiger partial charge is 0.0649 e. The molecule has 0 heterocycles. The quantitative estimate of drug-likeness (QED) is 0.651. The maximum atomic E-state index is 3.84. The van der Waals surface area contributed by atoms with Gasteiger partial charge in [-0.15, -0.1) is 0 Å². The van der Waals surface area contributed by atoms with Crippen LogP contribution in [0.4, 0.5) is 0 Å². The zero-order valence-corrected chi connectivity index (χ0v) is 13.0. The molecule has 94 valence electrons. The molecule has 0 aliphatic rings. The average Bonchev–Trinajstić information content (AvgIpc) is 2.28. The summed E-state index contributed by atoms with van der Waals surface area (Å²) in [6.07, 6.45) is 0. The molecule has 0 bridgehead atoms. The Hall–Kier alpha value is -1.08. The van der Waals surface area contributed by atoms with E-state index in [2.05, 4.69) is 80.0 Å². The Morgan fingerprint density at radius 3 is 1.78 bits per heavy atom. The number of aryl methyl sites for hydroxylation is 4. The lowest BCUT2D eigenvalue weighted by Gasteiger charge is -2.17. The zero-order valence-electron chi connectivity index (χ0n) is 11.4. The largest absolute Gasteiger partial charge is 0.0786 e. The molecule has 0 aliphatic carbocycles. The summed E-state index contributed by atoms with van der Waals surface area (Å²) in [7, 11) is 0. The van der Waals surface area contributed by atoms with Crippen molar-refractivity contribution >= 4 is 15.9 Å². The van der Waals surface area contributed by atoms with Crippen molar-refractivity contribution in [3.05, 3.63) is 69.8 Å². The second-order valence-corrected chi connectivity index (χ2v) is 6.00. The molecule has 2 aromatic rings. The second kappa shape index (κ2) is 5.27. The summed E-state index contributed by atoms with van der Waals surface area (Å²) in [5.74, 6) is 0. The van der Waals surface area contributed by atoms with E-state index in [1.54, 1.807) is 0 Å². The SMILES string of the molecule is Cc1ccc(C(Br)c2c(C)cc(C)cc2C)cc1. The van der Waals surface area contributed by atoms with E-state index in [9.17, 15) is 0 Å². The maximum Gasteiger partial charge on any atom is 0.0649 e. The summed E-state index contributed by atoms with van der Waals surface area (Å²) in [6, 6.07) is 13.3. The van der Waals surface area contributed by atoms with Gasteiger partial charge in [0.25, 0.3) is 0 Å². The number of rotatable bonds is 2. The molecule has 1 atom stereocenters. The van der Waals surface area contributed by atoms with Crippen LogP contribution in [0.25, 0.3) is 0 Å². The monoisotopic (exact) mass is 302 g/mol. The van der Waals surface area contributed by atoms with Crippen molar-refractivity contribution in [3.63, 3.8) is 0 Å². The van der Waals surface area contributed by atoms with Crippen molar-refractivity contribution in [2.75, 3.05) is 0 Å². The molecule has 0 N–H and O–H groups in total. The molecule has 0 amide bonds. The Morgan fingerprint density at radius 1 is 0.778 bits per heavy atom. The Labute approximate surface area is 118 Å². The highest BCUT2D eigenvalue weighted by atomic mass is 79.9. The highest BCUT2D eigenvalue weighted by Crippen LogP contribution is 2.35. The van der Waals surface area contributed by atoms with E-state index in [1.165, 1.54) is 33.4 Å². The van der Waals surface area contributed by atoms with Crippen molar-refractivity contribution in [2.24, 2.45) is 0 Å². The van der Waals surface area contributed by atoms with Crippen LogP contribution in [0.5, 0.6) is 0 Å². The van der Waals surface area contributed by atoms with E-state index < -0.39 is 0 Å². The number of hydrogen-bond acceptors (Lipinski definition) is 0. The van der Waals surface area contributed by atoms with Gasteiger partial charge in [-0.2, -0.15) is 0 Å². The van der Waals surface area contributed by atoms with Gasteiger partial charge in [0.2, 0.25) is 0 Å². The molecule has 0 nitrogen and oxygen atoms in total. The van der Waals surface area contributed by atoms with Gasteiger partial charge in [0.1, 0.15) is 0 Å². The van der Waals surface area contributed by atoms with Gasteiger partial charge >= 0.3 is 0 Å². The normalized spacial score (nSPS) is 12.5. The fraction of sp³-hybridized carbons (Fsp3) is 0.294. The van der Waals surface area contributed by atoms with Crippen LogP contribution in [0, 0.1) is 27.7 Å². The van der Waals surface area contributed by atoms with Gasteiger partial charge in [0.15, 0.2) is 0 Å². The van der Waals surface area contributed by atoms with E-state index >= 15 is 0 Å². The summed E-state index contributed by atoms with van der Waals surface area (Å²) in [5.41, 5.74) is 8.05. The molecule has 0 aliphatic heterocycles. The molecule has 0 saturated heterocycles. The molecular weight excluding hydrogens is 284 g/mol. The third-order valence-electron chi connectivity index (χ3n) is 3.36. The minimum absolute atomic E-state index is 0.277. The highest BCUT2D eigenvalue weighted by molar-refractivity contribution is 9.09. The number of halogens is 1. The topological polar surface area (TPSA) is 0 Å². The molecular formula is C17H19Br. The highest BCUT2D eigenvalue weighted by Gasteiger charge is 2.15. The number of alkyl halides is 1. The summed E-state index contributed by atoms with van der Waals surface area (Å²) < 4.78 is 0. The van der Waals surface area contributed by atoms with Crippen LogP contribution in [0.1, 0.15) is 38.2 Å². The summed E-state index contributed by atoms with van der Waals surface area (Å²) in [4.78, 5) is 0.277. The van der Waals surface area contributed by atoms with Crippen LogP contribution in [0.3, 0.4) is 0 Å². The fourth-order valence-electron chi connectivity index (χ4n) is 2.49. The van der Waals surface area contributed by atoms with Gasteiger partial charge in [0.05, 0.1) is 4.83 Å². The van der Waals surface area contributed by atoms with E-state index in [4.69, 9.17) is 0 Å². The summed E-state index contributed by atoms with van der Waals surface area (Å²) in [5, 5.41) is 0. The molecule has 0 radical (unpaired) electrons. The van der Waals surface area contributed by atoms with Crippen LogP contribution in [-0.4, -0.2) is 0 Å². The first kappa shape index (κ1) is 13.4. The molecule has 0 saturated carbocycles. The van der Waals surface area contributed by atoms with Crippen molar-refractivity contribution < 1.29 is 0 Å². The second-order valence-electron chi connectivity index (χ2n) is 5.09. The van der Waals surface area contributed by atoms with Crippen LogP contribution in [0.2, 0.25) is 0 Å². The van der Waals surface area contributed by atoms with Gasteiger partial charge in [-0.05, 0) is 49.9 Å². The van der Waals surface area contributed by atoms with Gasteiger partial charge in [-0.25, -0.2) is 0 Å². The van der Waals surface area contributed by atoms with Crippen molar-refractivity contribution in [1.29, 1.82) is 0 Å².